The molecule has 5 nitrogen and oxygen atoms in total. The predicted octanol–water partition coefficient (Wildman–Crippen LogP) is 1.66. The number of ether oxygens (including phenoxy) is 1. The first-order chi connectivity index (χ1) is 8.03. The molecule has 0 aliphatic rings. The molecule has 0 radical (unpaired) electrons. The van der Waals surface area contributed by atoms with E-state index in [0.717, 1.165) is 0 Å². The Labute approximate surface area is 102 Å². The number of methoxy groups -OCH3 is 1. The van der Waals surface area contributed by atoms with Gasteiger partial charge in [0.1, 0.15) is 11.5 Å². The molecule has 0 saturated heterocycles. The minimum Gasteiger partial charge on any atom is -0.497 e. The summed E-state index contributed by atoms with van der Waals surface area (Å²) in [5.41, 5.74) is 0. The van der Waals surface area contributed by atoms with Crippen molar-refractivity contribution >= 4 is 10.3 Å². The second-order valence-electron chi connectivity index (χ2n) is 3.30. The van der Waals surface area contributed by atoms with E-state index in [4.69, 9.17) is 8.92 Å². The average Bonchev–Trinajstić information content (AvgIpc) is 2.30. The molecule has 1 aromatic rings. The van der Waals surface area contributed by atoms with Crippen molar-refractivity contribution in [3.8, 4) is 11.5 Å². The van der Waals surface area contributed by atoms with Crippen LogP contribution in [0.4, 0.5) is 0 Å². The van der Waals surface area contributed by atoms with Crippen molar-refractivity contribution in [1.82, 2.24) is 4.31 Å². The Morgan fingerprint density at radius 2 is 1.53 bits per heavy atom. The molecule has 0 aliphatic carbocycles. The zero-order valence-electron chi connectivity index (χ0n) is 10.2. The largest absolute Gasteiger partial charge is 0.497 e. The van der Waals surface area contributed by atoms with Crippen LogP contribution in [0.15, 0.2) is 24.3 Å². The number of rotatable bonds is 6. The van der Waals surface area contributed by atoms with Crippen molar-refractivity contribution in [1.29, 1.82) is 0 Å². The second-order valence-corrected chi connectivity index (χ2v) is 4.84. The first-order valence-corrected chi connectivity index (χ1v) is 6.73. The van der Waals surface area contributed by atoms with Crippen molar-refractivity contribution in [3.05, 3.63) is 24.3 Å². The van der Waals surface area contributed by atoms with Crippen LogP contribution in [-0.2, 0) is 10.3 Å². The van der Waals surface area contributed by atoms with E-state index in [1.807, 2.05) is 0 Å². The van der Waals surface area contributed by atoms with Gasteiger partial charge in [0.25, 0.3) is 0 Å². The Morgan fingerprint density at radius 1 is 1.06 bits per heavy atom. The van der Waals surface area contributed by atoms with E-state index < -0.39 is 10.3 Å². The lowest BCUT2D eigenvalue weighted by atomic mass is 10.3. The van der Waals surface area contributed by atoms with Crippen molar-refractivity contribution in [2.24, 2.45) is 0 Å². The molecular formula is C11H17NO4S. The molecule has 17 heavy (non-hydrogen) atoms. The normalized spacial score (nSPS) is 11.5. The standard InChI is InChI=1S/C11H17NO4S/c1-4-12(5-2)17(13,14)16-11-8-6-10(15-3)7-9-11/h6-9H,4-5H2,1-3H3. The van der Waals surface area contributed by atoms with Gasteiger partial charge >= 0.3 is 10.3 Å². The molecule has 0 unspecified atom stereocenters. The Morgan fingerprint density at radius 3 is 1.94 bits per heavy atom. The molecule has 1 rings (SSSR count). The van der Waals surface area contributed by atoms with Crippen LogP contribution in [-0.4, -0.2) is 32.9 Å². The molecule has 0 fully saturated rings. The predicted molar refractivity (Wildman–Crippen MR) is 65.5 cm³/mol. The van der Waals surface area contributed by atoms with Crippen molar-refractivity contribution in [2.75, 3.05) is 20.2 Å². The minimum atomic E-state index is -3.70. The van der Waals surface area contributed by atoms with Gasteiger partial charge in [-0.2, -0.15) is 12.7 Å². The molecular weight excluding hydrogens is 242 g/mol. The van der Waals surface area contributed by atoms with E-state index in [0.29, 0.717) is 18.8 Å². The number of benzene rings is 1. The number of hydrogen-bond donors (Lipinski definition) is 0. The Balaban J connectivity index is 2.82. The van der Waals surface area contributed by atoms with Crippen molar-refractivity contribution < 1.29 is 17.3 Å². The third-order valence-electron chi connectivity index (χ3n) is 2.28. The smallest absolute Gasteiger partial charge is 0.385 e. The molecule has 0 spiro atoms. The Kier molecular flexibility index (Phi) is 4.77. The zero-order valence-corrected chi connectivity index (χ0v) is 11.0. The van der Waals surface area contributed by atoms with Gasteiger partial charge in [-0.1, -0.05) is 13.8 Å². The van der Waals surface area contributed by atoms with E-state index in [9.17, 15) is 8.42 Å². The third-order valence-corrected chi connectivity index (χ3v) is 3.83. The van der Waals surface area contributed by atoms with Crippen LogP contribution in [0.5, 0.6) is 11.5 Å². The van der Waals surface area contributed by atoms with Crippen LogP contribution in [0.1, 0.15) is 13.8 Å². The summed E-state index contributed by atoms with van der Waals surface area (Å²) in [7, 11) is -2.16. The highest BCUT2D eigenvalue weighted by atomic mass is 32.2. The molecule has 0 N–H and O–H groups in total. The van der Waals surface area contributed by atoms with Gasteiger partial charge in [0.05, 0.1) is 7.11 Å². The summed E-state index contributed by atoms with van der Waals surface area (Å²) in [4.78, 5) is 0. The lowest BCUT2D eigenvalue weighted by molar-refractivity contribution is 0.375. The van der Waals surface area contributed by atoms with Gasteiger partial charge in [-0.15, -0.1) is 0 Å². The quantitative estimate of drug-likeness (QED) is 0.779. The lowest BCUT2D eigenvalue weighted by Crippen LogP contribution is -2.34. The van der Waals surface area contributed by atoms with Gasteiger partial charge in [0, 0.05) is 13.1 Å². The number of nitrogens with zero attached hydrogens (tertiary/aromatic N) is 1. The van der Waals surface area contributed by atoms with Gasteiger partial charge in [0.2, 0.25) is 0 Å². The molecule has 6 heteroatoms. The van der Waals surface area contributed by atoms with Crippen molar-refractivity contribution in [2.45, 2.75) is 13.8 Å². The van der Waals surface area contributed by atoms with Gasteiger partial charge in [-0.25, -0.2) is 0 Å². The van der Waals surface area contributed by atoms with Gasteiger partial charge in [-0.3, -0.25) is 0 Å². The summed E-state index contributed by atoms with van der Waals surface area (Å²) in [5, 5.41) is 0. The summed E-state index contributed by atoms with van der Waals surface area (Å²) in [6.45, 7) is 4.29. The van der Waals surface area contributed by atoms with Crippen LogP contribution in [0, 0.1) is 0 Å². The van der Waals surface area contributed by atoms with Crippen LogP contribution in [0.25, 0.3) is 0 Å². The highest BCUT2D eigenvalue weighted by Crippen LogP contribution is 2.19. The topological polar surface area (TPSA) is 55.8 Å². The first-order valence-electron chi connectivity index (χ1n) is 5.37. The van der Waals surface area contributed by atoms with E-state index in [2.05, 4.69) is 0 Å². The van der Waals surface area contributed by atoms with Crippen LogP contribution in [0.3, 0.4) is 0 Å². The highest BCUT2D eigenvalue weighted by Gasteiger charge is 2.20. The fourth-order valence-corrected chi connectivity index (χ4v) is 2.44. The summed E-state index contributed by atoms with van der Waals surface area (Å²) in [6, 6.07) is 6.40. The van der Waals surface area contributed by atoms with Gasteiger partial charge < -0.3 is 8.92 Å². The van der Waals surface area contributed by atoms with E-state index in [1.54, 1.807) is 45.2 Å². The third kappa shape index (κ3) is 3.61. The molecule has 96 valence electrons. The van der Waals surface area contributed by atoms with Crippen LogP contribution in [0.2, 0.25) is 0 Å². The molecule has 0 bridgehead atoms. The molecule has 0 saturated carbocycles. The summed E-state index contributed by atoms with van der Waals surface area (Å²) < 4.78 is 34.8. The Hall–Kier alpha value is -1.27. The SMILES string of the molecule is CCN(CC)S(=O)(=O)Oc1ccc(OC)cc1. The highest BCUT2D eigenvalue weighted by molar-refractivity contribution is 7.84. The first kappa shape index (κ1) is 13.8. The molecule has 0 amide bonds. The van der Waals surface area contributed by atoms with E-state index in [1.165, 1.54) is 4.31 Å². The zero-order chi connectivity index (χ0) is 12.9. The van der Waals surface area contributed by atoms with Crippen LogP contribution >= 0.6 is 0 Å². The van der Waals surface area contributed by atoms with Crippen molar-refractivity contribution in [3.63, 3.8) is 0 Å². The maximum Gasteiger partial charge on any atom is 0.385 e. The fourth-order valence-electron chi connectivity index (χ4n) is 1.35. The maximum absolute atomic E-state index is 11.8. The van der Waals surface area contributed by atoms with Gasteiger partial charge in [-0.05, 0) is 24.3 Å². The average molecular weight is 259 g/mol. The molecule has 0 aliphatic heterocycles. The second kappa shape index (κ2) is 5.88. The maximum atomic E-state index is 11.8. The lowest BCUT2D eigenvalue weighted by Gasteiger charge is -2.17. The fraction of sp³-hybridized carbons (Fsp3) is 0.455. The summed E-state index contributed by atoms with van der Waals surface area (Å²) in [6.07, 6.45) is 0. The van der Waals surface area contributed by atoms with Crippen LogP contribution < -0.4 is 8.92 Å². The van der Waals surface area contributed by atoms with Gasteiger partial charge in [0.15, 0.2) is 0 Å². The molecule has 1 aromatic carbocycles. The van der Waals surface area contributed by atoms with E-state index in [-0.39, 0.29) is 5.75 Å². The summed E-state index contributed by atoms with van der Waals surface area (Å²) >= 11 is 0. The Bertz CT molecular complexity index is 437. The van der Waals surface area contributed by atoms with E-state index >= 15 is 0 Å². The molecule has 0 heterocycles. The molecule has 0 atom stereocenters. The minimum absolute atomic E-state index is 0.276. The monoisotopic (exact) mass is 259 g/mol. The summed E-state index contributed by atoms with van der Waals surface area (Å²) in [5.74, 6) is 0.926. The number of hydrogen-bond acceptors (Lipinski definition) is 4. The molecule has 0 aromatic heterocycles.